The molecule has 4 nitrogen and oxygen atoms in total. The third-order valence-electron chi connectivity index (χ3n) is 5.01. The molecule has 0 saturated carbocycles. The van der Waals surface area contributed by atoms with Crippen LogP contribution in [-0.4, -0.2) is 23.8 Å². The second-order valence-electron chi connectivity index (χ2n) is 6.82. The molecular weight excluding hydrogens is 378 g/mol. The molecular formula is C24H23N3OS. The van der Waals surface area contributed by atoms with Gasteiger partial charge in [-0.15, -0.1) is 0 Å². The Morgan fingerprint density at radius 1 is 0.966 bits per heavy atom. The first-order valence-electron chi connectivity index (χ1n) is 9.54. The summed E-state index contributed by atoms with van der Waals surface area (Å²) in [6, 6.07) is 26.6. The van der Waals surface area contributed by atoms with E-state index in [1.807, 2.05) is 36.4 Å². The normalized spacial score (nSPS) is 11.8. The first kappa shape index (κ1) is 19.0. The lowest BCUT2D eigenvalue weighted by molar-refractivity contribution is 0.415. The molecule has 0 aliphatic rings. The van der Waals surface area contributed by atoms with Crippen LogP contribution in [0, 0.1) is 0 Å². The Labute approximate surface area is 175 Å². The third-order valence-corrected chi connectivity index (χ3v) is 5.26. The van der Waals surface area contributed by atoms with E-state index in [1.54, 1.807) is 7.11 Å². The highest BCUT2D eigenvalue weighted by Gasteiger charge is 2.18. The van der Waals surface area contributed by atoms with Crippen LogP contribution in [0.5, 0.6) is 5.75 Å². The van der Waals surface area contributed by atoms with Crippen molar-refractivity contribution in [3.63, 3.8) is 0 Å². The molecule has 3 N–H and O–H groups in total. The number of anilines is 1. The molecule has 0 aliphatic heterocycles. The molecule has 146 valence electrons. The van der Waals surface area contributed by atoms with Gasteiger partial charge in [-0.05, 0) is 53.7 Å². The number of nitrogens with one attached hydrogen (secondary N) is 3. The number of rotatable bonds is 6. The number of hydrogen-bond acceptors (Lipinski definition) is 2. The first-order chi connectivity index (χ1) is 14.2. The molecule has 5 heteroatoms. The van der Waals surface area contributed by atoms with Crippen molar-refractivity contribution >= 4 is 33.9 Å². The molecule has 0 radical (unpaired) electrons. The molecule has 3 aromatic carbocycles. The molecule has 29 heavy (non-hydrogen) atoms. The van der Waals surface area contributed by atoms with Crippen LogP contribution in [0.4, 0.5) is 5.69 Å². The van der Waals surface area contributed by atoms with Gasteiger partial charge in [-0.3, -0.25) is 0 Å². The summed E-state index contributed by atoms with van der Waals surface area (Å²) in [6.07, 6.45) is 2.10. The molecule has 0 bridgehead atoms. The highest BCUT2D eigenvalue weighted by Crippen LogP contribution is 2.30. The Hall–Kier alpha value is -3.31. The van der Waals surface area contributed by atoms with Gasteiger partial charge in [0.1, 0.15) is 5.75 Å². The van der Waals surface area contributed by atoms with Crippen molar-refractivity contribution in [3.8, 4) is 5.75 Å². The maximum Gasteiger partial charge on any atom is 0.170 e. The molecule has 0 aliphatic carbocycles. The third kappa shape index (κ3) is 4.41. The predicted octanol–water partition coefficient (Wildman–Crippen LogP) is 5.30. The maximum atomic E-state index is 5.53. The van der Waals surface area contributed by atoms with Crippen LogP contribution in [0.25, 0.3) is 10.9 Å². The highest BCUT2D eigenvalue weighted by atomic mass is 32.1. The van der Waals surface area contributed by atoms with Crippen molar-refractivity contribution in [1.29, 1.82) is 0 Å². The molecule has 4 rings (SSSR count). The zero-order chi connectivity index (χ0) is 20.1. The number of fused-ring (bicyclic) bond motifs is 1. The van der Waals surface area contributed by atoms with Gasteiger partial charge in [-0.2, -0.15) is 0 Å². The van der Waals surface area contributed by atoms with Crippen LogP contribution < -0.4 is 15.4 Å². The summed E-state index contributed by atoms with van der Waals surface area (Å²) in [5, 5.41) is 8.45. The van der Waals surface area contributed by atoms with Gasteiger partial charge in [0.15, 0.2) is 5.11 Å². The van der Waals surface area contributed by atoms with Gasteiger partial charge in [-0.25, -0.2) is 0 Å². The van der Waals surface area contributed by atoms with Crippen LogP contribution in [0.2, 0.25) is 0 Å². The van der Waals surface area contributed by atoms with E-state index in [0.29, 0.717) is 11.7 Å². The standard InChI is InChI=1S/C24H23N3OS/c1-28-19-13-11-18(12-14-19)27-24(29)26-15-21(17-7-3-2-4-8-17)22-16-25-23-10-6-5-9-20(22)23/h2-14,16,21,25H,15H2,1H3,(H2,26,27,29)/t21-/m0/s1. The van der Waals surface area contributed by atoms with E-state index in [9.17, 15) is 0 Å². The molecule has 0 fully saturated rings. The Balaban J connectivity index is 1.52. The summed E-state index contributed by atoms with van der Waals surface area (Å²) >= 11 is 5.53. The average molecular weight is 402 g/mol. The van der Waals surface area contributed by atoms with Crippen molar-refractivity contribution in [2.75, 3.05) is 19.0 Å². The van der Waals surface area contributed by atoms with Crippen molar-refractivity contribution < 1.29 is 4.74 Å². The van der Waals surface area contributed by atoms with E-state index in [4.69, 9.17) is 17.0 Å². The summed E-state index contributed by atoms with van der Waals surface area (Å²) in [7, 11) is 1.66. The van der Waals surface area contributed by atoms with E-state index in [2.05, 4.69) is 64.3 Å². The number of benzene rings is 3. The van der Waals surface area contributed by atoms with Gasteiger partial charge < -0.3 is 20.4 Å². The molecule has 0 amide bonds. The number of para-hydroxylation sites is 1. The van der Waals surface area contributed by atoms with Crippen molar-refractivity contribution in [3.05, 3.63) is 96.2 Å². The van der Waals surface area contributed by atoms with Crippen LogP contribution in [0.3, 0.4) is 0 Å². The minimum absolute atomic E-state index is 0.169. The number of ether oxygens (including phenoxy) is 1. The monoisotopic (exact) mass is 401 g/mol. The Morgan fingerprint density at radius 2 is 1.69 bits per heavy atom. The Kier molecular flexibility index (Phi) is 5.77. The van der Waals surface area contributed by atoms with E-state index >= 15 is 0 Å². The molecule has 4 aromatic rings. The SMILES string of the molecule is COc1ccc(NC(=S)NC[C@@H](c2ccccc2)c2c[nH]c3ccccc23)cc1. The minimum atomic E-state index is 0.169. The summed E-state index contributed by atoms with van der Waals surface area (Å²) in [5.41, 5.74) is 4.57. The summed E-state index contributed by atoms with van der Waals surface area (Å²) < 4.78 is 5.20. The smallest absolute Gasteiger partial charge is 0.170 e. The highest BCUT2D eigenvalue weighted by molar-refractivity contribution is 7.80. The molecule has 1 aromatic heterocycles. The topological polar surface area (TPSA) is 49.1 Å². The Bertz CT molecular complexity index is 1090. The maximum absolute atomic E-state index is 5.53. The van der Waals surface area contributed by atoms with Gasteiger partial charge in [0.05, 0.1) is 7.11 Å². The largest absolute Gasteiger partial charge is 0.497 e. The molecule has 1 heterocycles. The van der Waals surface area contributed by atoms with Crippen LogP contribution in [0.15, 0.2) is 85.1 Å². The average Bonchev–Trinajstić information content (AvgIpc) is 3.19. The van der Waals surface area contributed by atoms with Gasteiger partial charge in [0.2, 0.25) is 0 Å². The summed E-state index contributed by atoms with van der Waals surface area (Å²) in [4.78, 5) is 3.39. The second kappa shape index (κ2) is 8.80. The number of hydrogen-bond donors (Lipinski definition) is 3. The molecule has 0 spiro atoms. The quantitative estimate of drug-likeness (QED) is 0.384. The number of thiocarbonyl (C=S) groups is 1. The fourth-order valence-corrected chi connectivity index (χ4v) is 3.72. The summed E-state index contributed by atoms with van der Waals surface area (Å²) in [5.74, 6) is 0.987. The van der Waals surface area contributed by atoms with Gasteiger partial charge in [0.25, 0.3) is 0 Å². The van der Waals surface area contributed by atoms with E-state index < -0.39 is 0 Å². The van der Waals surface area contributed by atoms with Gasteiger partial charge in [0, 0.05) is 35.2 Å². The fourth-order valence-electron chi connectivity index (χ4n) is 3.52. The Morgan fingerprint density at radius 3 is 2.45 bits per heavy atom. The predicted molar refractivity (Wildman–Crippen MR) is 124 cm³/mol. The van der Waals surface area contributed by atoms with Crippen molar-refractivity contribution in [2.24, 2.45) is 0 Å². The zero-order valence-electron chi connectivity index (χ0n) is 16.2. The lowest BCUT2D eigenvalue weighted by Gasteiger charge is -2.20. The lowest BCUT2D eigenvalue weighted by atomic mass is 9.91. The van der Waals surface area contributed by atoms with Crippen LogP contribution >= 0.6 is 12.2 Å². The number of H-pyrrole nitrogens is 1. The molecule has 1 atom stereocenters. The van der Waals surface area contributed by atoms with E-state index in [0.717, 1.165) is 17.0 Å². The molecule has 0 unspecified atom stereocenters. The first-order valence-corrected chi connectivity index (χ1v) is 9.95. The van der Waals surface area contributed by atoms with Crippen LogP contribution in [-0.2, 0) is 0 Å². The van der Waals surface area contributed by atoms with Crippen molar-refractivity contribution in [1.82, 2.24) is 10.3 Å². The number of aromatic nitrogens is 1. The minimum Gasteiger partial charge on any atom is -0.497 e. The van der Waals surface area contributed by atoms with E-state index in [1.165, 1.54) is 16.5 Å². The number of methoxy groups -OCH3 is 1. The van der Waals surface area contributed by atoms with Crippen LogP contribution in [0.1, 0.15) is 17.0 Å². The van der Waals surface area contributed by atoms with E-state index in [-0.39, 0.29) is 5.92 Å². The fraction of sp³-hybridized carbons (Fsp3) is 0.125. The van der Waals surface area contributed by atoms with Gasteiger partial charge >= 0.3 is 0 Å². The second-order valence-corrected chi connectivity index (χ2v) is 7.22. The molecule has 0 saturated heterocycles. The zero-order valence-corrected chi connectivity index (χ0v) is 17.0. The van der Waals surface area contributed by atoms with Crippen molar-refractivity contribution in [2.45, 2.75) is 5.92 Å². The van der Waals surface area contributed by atoms with Gasteiger partial charge in [-0.1, -0.05) is 48.5 Å². The number of aromatic amines is 1. The summed E-state index contributed by atoms with van der Waals surface area (Å²) in [6.45, 7) is 0.688. The lowest BCUT2D eigenvalue weighted by Crippen LogP contribution is -2.32.